The van der Waals surface area contributed by atoms with E-state index in [2.05, 4.69) is 10.3 Å². The van der Waals surface area contributed by atoms with Gasteiger partial charge < -0.3 is 11.1 Å². The number of anilines is 1. The molecule has 3 N–H and O–H groups in total. The fraction of sp³-hybridized carbons (Fsp3) is 0.286. The third-order valence-electron chi connectivity index (χ3n) is 3.18. The van der Waals surface area contributed by atoms with Gasteiger partial charge in [-0.05, 0) is 32.9 Å². The van der Waals surface area contributed by atoms with E-state index in [0.29, 0.717) is 11.3 Å². The summed E-state index contributed by atoms with van der Waals surface area (Å²) in [4.78, 5) is 16.5. The van der Waals surface area contributed by atoms with E-state index in [1.165, 1.54) is 11.3 Å². The summed E-state index contributed by atoms with van der Waals surface area (Å²) in [6, 6.07) is 2.71. The molecule has 0 radical (unpaired) electrons. The number of nitrogens with one attached hydrogen (secondary N) is 1. The number of hydrogen-bond donors (Lipinski definition) is 2. The van der Waals surface area contributed by atoms with Gasteiger partial charge in [-0.2, -0.15) is 0 Å². The van der Waals surface area contributed by atoms with Gasteiger partial charge in [-0.3, -0.25) is 4.79 Å². The highest BCUT2D eigenvalue weighted by atomic mass is 32.1. The number of carbonyl (C=O) groups excluding carboxylic acids is 1. The SMILES string of the molecule is Cc1ncsc1C(C)Nc1cc(C(N)=O)cc(F)c1C. The number of nitrogens with two attached hydrogens (primary N) is 1. The predicted octanol–water partition coefficient (Wildman–Crippen LogP) is 3.17. The molecule has 106 valence electrons. The van der Waals surface area contributed by atoms with E-state index in [-0.39, 0.29) is 11.6 Å². The topological polar surface area (TPSA) is 68.0 Å². The Morgan fingerprint density at radius 1 is 1.45 bits per heavy atom. The summed E-state index contributed by atoms with van der Waals surface area (Å²) in [6.45, 7) is 5.56. The van der Waals surface area contributed by atoms with Crippen LogP contribution in [0.3, 0.4) is 0 Å². The molecule has 0 spiro atoms. The number of thiazole rings is 1. The highest BCUT2D eigenvalue weighted by molar-refractivity contribution is 7.09. The van der Waals surface area contributed by atoms with Crippen molar-refractivity contribution in [3.63, 3.8) is 0 Å². The minimum Gasteiger partial charge on any atom is -0.377 e. The molecule has 0 saturated heterocycles. The molecule has 1 aromatic heterocycles. The molecule has 0 saturated carbocycles. The monoisotopic (exact) mass is 293 g/mol. The first-order valence-corrected chi connectivity index (χ1v) is 7.04. The van der Waals surface area contributed by atoms with Crippen LogP contribution in [0.4, 0.5) is 10.1 Å². The lowest BCUT2D eigenvalue weighted by molar-refractivity contribution is 0.1000. The van der Waals surface area contributed by atoms with E-state index in [0.717, 1.165) is 16.6 Å². The van der Waals surface area contributed by atoms with Crippen molar-refractivity contribution >= 4 is 22.9 Å². The summed E-state index contributed by atoms with van der Waals surface area (Å²) < 4.78 is 13.8. The highest BCUT2D eigenvalue weighted by Crippen LogP contribution is 2.28. The number of aromatic nitrogens is 1. The fourth-order valence-corrected chi connectivity index (χ4v) is 2.81. The third kappa shape index (κ3) is 2.80. The minimum absolute atomic E-state index is 0.0243. The number of aryl methyl sites for hydroxylation is 1. The quantitative estimate of drug-likeness (QED) is 0.909. The zero-order valence-electron chi connectivity index (χ0n) is 11.5. The van der Waals surface area contributed by atoms with Crippen LogP contribution in [-0.2, 0) is 0 Å². The van der Waals surface area contributed by atoms with Crippen molar-refractivity contribution < 1.29 is 9.18 Å². The Morgan fingerprint density at radius 2 is 2.15 bits per heavy atom. The average molecular weight is 293 g/mol. The van der Waals surface area contributed by atoms with Gasteiger partial charge in [0.15, 0.2) is 0 Å². The second-order valence-electron chi connectivity index (χ2n) is 4.66. The Hall–Kier alpha value is -1.95. The summed E-state index contributed by atoms with van der Waals surface area (Å²) in [5.74, 6) is -1.09. The number of primary amides is 1. The molecule has 6 heteroatoms. The summed E-state index contributed by atoms with van der Waals surface area (Å²) in [6.07, 6.45) is 0. The Balaban J connectivity index is 2.33. The highest BCUT2D eigenvalue weighted by Gasteiger charge is 2.15. The zero-order chi connectivity index (χ0) is 14.9. The fourth-order valence-electron chi connectivity index (χ4n) is 2.00. The summed E-state index contributed by atoms with van der Waals surface area (Å²) in [5, 5.41) is 3.21. The Morgan fingerprint density at radius 3 is 2.70 bits per heavy atom. The van der Waals surface area contributed by atoms with Crippen molar-refractivity contribution in [2.24, 2.45) is 5.73 Å². The van der Waals surface area contributed by atoms with Gasteiger partial charge in [-0.15, -0.1) is 11.3 Å². The van der Waals surface area contributed by atoms with Gasteiger partial charge in [-0.1, -0.05) is 0 Å². The average Bonchev–Trinajstić information content (AvgIpc) is 2.80. The first kappa shape index (κ1) is 14.5. The van der Waals surface area contributed by atoms with Crippen LogP contribution in [0.5, 0.6) is 0 Å². The summed E-state index contributed by atoms with van der Waals surface area (Å²) in [7, 11) is 0. The van der Waals surface area contributed by atoms with Crippen LogP contribution in [0.2, 0.25) is 0 Å². The zero-order valence-corrected chi connectivity index (χ0v) is 12.3. The van der Waals surface area contributed by atoms with E-state index in [4.69, 9.17) is 5.73 Å². The lowest BCUT2D eigenvalue weighted by Crippen LogP contribution is -2.14. The largest absolute Gasteiger partial charge is 0.377 e. The van der Waals surface area contributed by atoms with Gasteiger partial charge >= 0.3 is 0 Å². The molecule has 2 aromatic rings. The summed E-state index contributed by atoms with van der Waals surface area (Å²) >= 11 is 1.54. The lowest BCUT2D eigenvalue weighted by Gasteiger charge is -2.17. The van der Waals surface area contributed by atoms with Crippen molar-refractivity contribution in [2.75, 3.05) is 5.32 Å². The molecule has 1 amide bonds. The first-order valence-electron chi connectivity index (χ1n) is 6.16. The van der Waals surface area contributed by atoms with E-state index in [9.17, 15) is 9.18 Å². The van der Waals surface area contributed by atoms with Crippen LogP contribution < -0.4 is 11.1 Å². The van der Waals surface area contributed by atoms with Gasteiger partial charge in [0, 0.05) is 21.7 Å². The molecule has 20 heavy (non-hydrogen) atoms. The maximum atomic E-state index is 13.8. The Kier molecular flexibility index (Phi) is 4.04. The molecule has 0 bridgehead atoms. The molecule has 0 aliphatic heterocycles. The van der Waals surface area contributed by atoms with Crippen molar-refractivity contribution in [3.05, 3.63) is 45.2 Å². The lowest BCUT2D eigenvalue weighted by atomic mass is 10.1. The van der Waals surface area contributed by atoms with Crippen LogP contribution in [0.15, 0.2) is 17.6 Å². The van der Waals surface area contributed by atoms with Crippen LogP contribution >= 0.6 is 11.3 Å². The smallest absolute Gasteiger partial charge is 0.248 e. The number of halogens is 1. The molecule has 1 heterocycles. The van der Waals surface area contributed by atoms with Crippen molar-refractivity contribution in [2.45, 2.75) is 26.8 Å². The van der Waals surface area contributed by atoms with Gasteiger partial charge in [0.1, 0.15) is 5.82 Å². The van der Waals surface area contributed by atoms with E-state index in [1.807, 2.05) is 13.8 Å². The number of carbonyl (C=O) groups is 1. The van der Waals surface area contributed by atoms with Crippen molar-refractivity contribution in [1.29, 1.82) is 0 Å². The predicted molar refractivity (Wildman–Crippen MR) is 78.5 cm³/mol. The Labute approximate surface area is 120 Å². The number of hydrogen-bond acceptors (Lipinski definition) is 4. The van der Waals surface area contributed by atoms with E-state index >= 15 is 0 Å². The number of benzene rings is 1. The van der Waals surface area contributed by atoms with Gasteiger partial charge in [0.25, 0.3) is 0 Å². The third-order valence-corrected chi connectivity index (χ3v) is 4.29. The molecule has 0 aliphatic rings. The Bertz CT molecular complexity index is 654. The first-order chi connectivity index (χ1) is 9.40. The number of rotatable bonds is 4. The van der Waals surface area contributed by atoms with Gasteiger partial charge in [0.05, 0.1) is 17.2 Å². The van der Waals surface area contributed by atoms with Crippen LogP contribution in [-0.4, -0.2) is 10.9 Å². The van der Waals surface area contributed by atoms with E-state index < -0.39 is 11.7 Å². The molecule has 1 aromatic carbocycles. The summed E-state index contributed by atoms with van der Waals surface area (Å²) in [5.41, 5.74) is 9.11. The normalized spacial score (nSPS) is 12.2. The molecule has 1 unspecified atom stereocenters. The second kappa shape index (κ2) is 5.58. The standard InChI is InChI=1S/C14H16FN3OS/c1-7-11(15)4-10(14(16)19)5-12(7)18-9(3)13-8(2)17-6-20-13/h4-6,9,18H,1-3H3,(H2,16,19). The molecule has 0 aliphatic carbocycles. The van der Waals surface area contributed by atoms with Crippen LogP contribution in [0.1, 0.15) is 39.5 Å². The van der Waals surface area contributed by atoms with E-state index in [1.54, 1.807) is 18.5 Å². The molecule has 0 fully saturated rings. The van der Waals surface area contributed by atoms with Crippen molar-refractivity contribution in [3.8, 4) is 0 Å². The van der Waals surface area contributed by atoms with Gasteiger partial charge in [0.2, 0.25) is 5.91 Å². The minimum atomic E-state index is -0.645. The second-order valence-corrected chi connectivity index (χ2v) is 5.55. The molecule has 4 nitrogen and oxygen atoms in total. The number of nitrogens with zero attached hydrogens (tertiary/aromatic N) is 1. The maximum absolute atomic E-state index is 13.8. The molecular weight excluding hydrogens is 277 g/mol. The number of amides is 1. The molecular formula is C14H16FN3OS. The van der Waals surface area contributed by atoms with Crippen LogP contribution in [0.25, 0.3) is 0 Å². The van der Waals surface area contributed by atoms with Gasteiger partial charge in [-0.25, -0.2) is 9.37 Å². The van der Waals surface area contributed by atoms with Crippen LogP contribution in [0, 0.1) is 19.7 Å². The maximum Gasteiger partial charge on any atom is 0.248 e. The van der Waals surface area contributed by atoms with Crippen molar-refractivity contribution in [1.82, 2.24) is 4.98 Å². The molecule has 2 rings (SSSR count). The molecule has 1 atom stereocenters.